The summed E-state index contributed by atoms with van der Waals surface area (Å²) < 4.78 is 1.09. The van der Waals surface area contributed by atoms with Gasteiger partial charge >= 0.3 is 0 Å². The van der Waals surface area contributed by atoms with Crippen LogP contribution in [0.2, 0.25) is 0 Å². The van der Waals surface area contributed by atoms with E-state index in [0.717, 1.165) is 11.0 Å². The zero-order chi connectivity index (χ0) is 13.1. The molecule has 0 radical (unpaired) electrons. The number of carbonyl (C=O) groups excluding carboxylic acids is 1. The Balaban J connectivity index is 2.21. The number of hydrogen-bond donors (Lipinski definition) is 1. The maximum absolute atomic E-state index is 11.8. The minimum atomic E-state index is -0.328. The van der Waals surface area contributed by atoms with Gasteiger partial charge in [0.05, 0.1) is 0 Å². The number of benzene rings is 1. The summed E-state index contributed by atoms with van der Waals surface area (Å²) in [5, 5.41) is 3.18. The highest BCUT2D eigenvalue weighted by Crippen LogP contribution is 2.51. The fraction of sp³-hybridized carbons (Fsp3) is 0.500. The van der Waals surface area contributed by atoms with Crippen molar-refractivity contribution in [2.75, 3.05) is 11.4 Å². The Labute approximate surface area is 116 Å². The second-order valence-electron chi connectivity index (χ2n) is 5.81. The minimum absolute atomic E-state index is 0.109. The van der Waals surface area contributed by atoms with Crippen molar-refractivity contribution in [1.82, 2.24) is 5.32 Å². The van der Waals surface area contributed by atoms with E-state index in [0.29, 0.717) is 6.42 Å². The molecule has 0 saturated carbocycles. The third kappa shape index (κ3) is 1.32. The summed E-state index contributed by atoms with van der Waals surface area (Å²) in [6.07, 6.45) is 0.571. The van der Waals surface area contributed by atoms with E-state index >= 15 is 0 Å². The normalized spacial score (nSPS) is 28.7. The number of carbonyl (C=O) groups is 1. The highest BCUT2D eigenvalue weighted by molar-refractivity contribution is 9.10. The van der Waals surface area contributed by atoms with Crippen molar-refractivity contribution in [3.8, 4) is 0 Å². The molecule has 18 heavy (non-hydrogen) atoms. The summed E-state index contributed by atoms with van der Waals surface area (Å²) in [7, 11) is 0. The Morgan fingerprint density at radius 2 is 2.06 bits per heavy atom. The molecule has 1 aromatic carbocycles. The van der Waals surface area contributed by atoms with Crippen LogP contribution in [-0.2, 0) is 10.2 Å². The number of fused-ring (bicyclic) bond motifs is 3. The lowest BCUT2D eigenvalue weighted by atomic mass is 9.76. The average molecular weight is 309 g/mol. The van der Waals surface area contributed by atoms with Gasteiger partial charge in [0.15, 0.2) is 0 Å². The molecule has 3 rings (SSSR count). The van der Waals surface area contributed by atoms with Gasteiger partial charge in [0.2, 0.25) is 5.91 Å². The summed E-state index contributed by atoms with van der Waals surface area (Å²) in [5.41, 5.74) is 2.10. The molecule has 2 aliphatic rings. The number of anilines is 1. The van der Waals surface area contributed by atoms with Gasteiger partial charge in [-0.05, 0) is 30.7 Å². The van der Waals surface area contributed by atoms with E-state index in [4.69, 9.17) is 0 Å². The van der Waals surface area contributed by atoms with Gasteiger partial charge in [0.25, 0.3) is 0 Å². The van der Waals surface area contributed by atoms with Crippen LogP contribution in [0.4, 0.5) is 5.69 Å². The van der Waals surface area contributed by atoms with E-state index in [2.05, 4.69) is 65.1 Å². The molecule has 0 unspecified atom stereocenters. The first-order valence-corrected chi connectivity index (χ1v) is 7.04. The van der Waals surface area contributed by atoms with Crippen molar-refractivity contribution < 1.29 is 4.79 Å². The van der Waals surface area contributed by atoms with Gasteiger partial charge in [-0.3, -0.25) is 4.79 Å². The SMILES string of the molecule is CC1(C)c2cc(Br)ccc2N2CCC(=O)N[C@@]21C. The Kier molecular flexibility index (Phi) is 2.34. The Bertz CT molecular complexity index is 541. The second kappa shape index (κ2) is 3.50. The average Bonchev–Trinajstić information content (AvgIpc) is 2.45. The first-order chi connectivity index (χ1) is 8.36. The lowest BCUT2D eigenvalue weighted by molar-refractivity contribution is -0.125. The summed E-state index contributed by atoms with van der Waals surface area (Å²) in [4.78, 5) is 14.1. The van der Waals surface area contributed by atoms with Crippen molar-refractivity contribution in [2.24, 2.45) is 0 Å². The van der Waals surface area contributed by atoms with Gasteiger partial charge < -0.3 is 10.2 Å². The molecule has 0 aromatic heterocycles. The first kappa shape index (κ1) is 12.0. The molecule has 1 atom stereocenters. The predicted octanol–water partition coefficient (Wildman–Crippen LogP) is 2.78. The monoisotopic (exact) mass is 308 g/mol. The topological polar surface area (TPSA) is 32.3 Å². The van der Waals surface area contributed by atoms with E-state index in [9.17, 15) is 4.79 Å². The quantitative estimate of drug-likeness (QED) is 0.799. The molecule has 0 bridgehead atoms. The lowest BCUT2D eigenvalue weighted by Gasteiger charge is -2.48. The summed E-state index contributed by atoms with van der Waals surface area (Å²) in [6, 6.07) is 6.38. The lowest BCUT2D eigenvalue weighted by Crippen LogP contribution is -2.68. The zero-order valence-corrected chi connectivity index (χ0v) is 12.5. The van der Waals surface area contributed by atoms with Gasteiger partial charge in [0, 0.05) is 28.5 Å². The van der Waals surface area contributed by atoms with Gasteiger partial charge in [0.1, 0.15) is 5.66 Å². The standard InChI is InChI=1S/C14H17BrN2O/c1-13(2)10-8-9(15)4-5-11(10)17-7-6-12(18)16-14(13,17)3/h4-5,8H,6-7H2,1-3H3,(H,16,18)/t14-/m0/s1. The van der Waals surface area contributed by atoms with Crippen LogP contribution in [0.15, 0.2) is 22.7 Å². The number of halogens is 1. The Morgan fingerprint density at radius 1 is 1.33 bits per heavy atom. The van der Waals surface area contributed by atoms with Crippen molar-refractivity contribution >= 4 is 27.5 Å². The van der Waals surface area contributed by atoms with Crippen molar-refractivity contribution in [3.63, 3.8) is 0 Å². The largest absolute Gasteiger partial charge is 0.347 e. The van der Waals surface area contributed by atoms with Gasteiger partial charge in [-0.15, -0.1) is 0 Å². The zero-order valence-electron chi connectivity index (χ0n) is 10.9. The number of rotatable bonds is 0. The first-order valence-electron chi connectivity index (χ1n) is 6.25. The highest BCUT2D eigenvalue weighted by atomic mass is 79.9. The number of nitrogens with zero attached hydrogens (tertiary/aromatic N) is 1. The van der Waals surface area contributed by atoms with Crippen LogP contribution in [-0.4, -0.2) is 18.1 Å². The molecule has 1 saturated heterocycles. The molecule has 3 nitrogen and oxygen atoms in total. The number of nitrogens with one attached hydrogen (secondary N) is 1. The van der Waals surface area contributed by atoms with E-state index in [1.165, 1.54) is 11.3 Å². The van der Waals surface area contributed by atoms with Crippen LogP contribution in [0.25, 0.3) is 0 Å². The van der Waals surface area contributed by atoms with Gasteiger partial charge in [-0.1, -0.05) is 29.8 Å². The minimum Gasteiger partial charge on any atom is -0.347 e. The van der Waals surface area contributed by atoms with E-state index in [1.807, 2.05) is 0 Å². The van der Waals surface area contributed by atoms with Crippen LogP contribution < -0.4 is 10.2 Å². The maximum atomic E-state index is 11.8. The third-order valence-electron chi connectivity index (χ3n) is 4.62. The van der Waals surface area contributed by atoms with Crippen LogP contribution in [0.1, 0.15) is 32.8 Å². The molecule has 2 heterocycles. The molecular weight excluding hydrogens is 292 g/mol. The van der Waals surface area contributed by atoms with E-state index in [1.54, 1.807) is 0 Å². The second-order valence-corrected chi connectivity index (χ2v) is 6.72. The van der Waals surface area contributed by atoms with Gasteiger partial charge in [-0.25, -0.2) is 0 Å². The molecule has 1 amide bonds. The van der Waals surface area contributed by atoms with E-state index in [-0.39, 0.29) is 17.0 Å². The smallest absolute Gasteiger partial charge is 0.223 e. The van der Waals surface area contributed by atoms with Crippen molar-refractivity contribution in [1.29, 1.82) is 0 Å². The molecule has 1 fully saturated rings. The van der Waals surface area contributed by atoms with Crippen LogP contribution in [0.3, 0.4) is 0 Å². The molecule has 1 aromatic rings. The molecule has 4 heteroatoms. The molecule has 0 aliphatic carbocycles. The Hall–Kier alpha value is -1.03. The maximum Gasteiger partial charge on any atom is 0.223 e. The molecule has 96 valence electrons. The summed E-state index contributed by atoms with van der Waals surface area (Å²) in [6.45, 7) is 7.31. The molecule has 1 N–H and O–H groups in total. The van der Waals surface area contributed by atoms with Crippen molar-refractivity contribution in [2.45, 2.75) is 38.3 Å². The number of amides is 1. The number of hydrogen-bond acceptors (Lipinski definition) is 2. The van der Waals surface area contributed by atoms with Crippen LogP contribution in [0.5, 0.6) is 0 Å². The summed E-state index contributed by atoms with van der Waals surface area (Å²) in [5.74, 6) is 0.147. The Morgan fingerprint density at radius 3 is 2.78 bits per heavy atom. The van der Waals surface area contributed by atoms with Crippen LogP contribution in [0, 0.1) is 0 Å². The predicted molar refractivity (Wildman–Crippen MR) is 75.7 cm³/mol. The van der Waals surface area contributed by atoms with Crippen LogP contribution >= 0.6 is 15.9 Å². The van der Waals surface area contributed by atoms with Gasteiger partial charge in [-0.2, -0.15) is 0 Å². The fourth-order valence-corrected chi connectivity index (χ4v) is 3.56. The third-order valence-corrected chi connectivity index (χ3v) is 5.12. The summed E-state index contributed by atoms with van der Waals surface area (Å²) >= 11 is 3.54. The highest BCUT2D eigenvalue weighted by Gasteiger charge is 2.56. The molecular formula is C14H17BrN2O. The van der Waals surface area contributed by atoms with Crippen molar-refractivity contribution in [3.05, 3.63) is 28.2 Å². The fourth-order valence-electron chi connectivity index (χ4n) is 3.20. The molecule has 0 spiro atoms. The van der Waals surface area contributed by atoms with E-state index < -0.39 is 0 Å². The molecule has 2 aliphatic heterocycles.